The number of amides is 1. The van der Waals surface area contributed by atoms with E-state index >= 15 is 0 Å². The molecule has 0 saturated heterocycles. The van der Waals surface area contributed by atoms with E-state index in [9.17, 15) is 4.79 Å². The van der Waals surface area contributed by atoms with Crippen molar-refractivity contribution in [1.29, 1.82) is 0 Å². The summed E-state index contributed by atoms with van der Waals surface area (Å²) in [5.41, 5.74) is 4.89. The normalized spacial score (nSPS) is 11.2. The third kappa shape index (κ3) is 6.07. The van der Waals surface area contributed by atoms with Crippen molar-refractivity contribution in [2.75, 3.05) is 27.2 Å². The molecule has 0 aliphatic heterocycles. The van der Waals surface area contributed by atoms with Crippen LogP contribution < -0.4 is 5.32 Å². The molecule has 36 heavy (non-hydrogen) atoms. The van der Waals surface area contributed by atoms with Crippen molar-refractivity contribution in [3.05, 3.63) is 105 Å². The van der Waals surface area contributed by atoms with Gasteiger partial charge < -0.3 is 14.8 Å². The molecule has 4 rings (SSSR count). The summed E-state index contributed by atoms with van der Waals surface area (Å²) in [5.74, 6) is -0.220. The zero-order chi connectivity index (χ0) is 24.9. The van der Waals surface area contributed by atoms with Crippen LogP contribution in [0.4, 0.5) is 0 Å². The smallest absolute Gasteiger partial charge is 0.268 e. The van der Waals surface area contributed by atoms with Crippen LogP contribution in [0.3, 0.4) is 0 Å². The third-order valence-corrected chi connectivity index (χ3v) is 6.73. The number of likely N-dealkylation sites (N-methyl/N-ethyl adjacent to an activating group) is 1. The number of halogens is 3. The van der Waals surface area contributed by atoms with Gasteiger partial charge in [-0.2, -0.15) is 0 Å². The summed E-state index contributed by atoms with van der Waals surface area (Å²) in [4.78, 5) is 15.9. The van der Waals surface area contributed by atoms with Crippen molar-refractivity contribution in [3.63, 3.8) is 0 Å². The van der Waals surface area contributed by atoms with E-state index in [1.807, 2.05) is 74.8 Å². The number of carbonyl (C=O) groups is 1. The van der Waals surface area contributed by atoms with Crippen LogP contribution in [0, 0.1) is 0 Å². The zero-order valence-electron chi connectivity index (χ0n) is 20.8. The Morgan fingerprint density at radius 1 is 0.917 bits per heavy atom. The van der Waals surface area contributed by atoms with Crippen LogP contribution in [0.5, 0.6) is 0 Å². The first-order valence-electron chi connectivity index (χ1n) is 12.0. The first kappa shape index (κ1) is 28.1. The van der Waals surface area contributed by atoms with Crippen molar-refractivity contribution in [2.24, 2.45) is 0 Å². The molecule has 0 spiro atoms. The van der Waals surface area contributed by atoms with Crippen LogP contribution >= 0.6 is 35.6 Å². The maximum absolute atomic E-state index is 13.7. The molecule has 3 aromatic carbocycles. The molecule has 0 saturated carbocycles. The molecule has 0 unspecified atom stereocenters. The molecule has 0 radical (unpaired) electrons. The second-order valence-electron chi connectivity index (χ2n) is 9.03. The van der Waals surface area contributed by atoms with Gasteiger partial charge in [-0.1, -0.05) is 72.6 Å². The second kappa shape index (κ2) is 12.6. The first-order chi connectivity index (χ1) is 16.9. The fourth-order valence-corrected chi connectivity index (χ4v) is 4.81. The topological polar surface area (TPSA) is 37.3 Å². The van der Waals surface area contributed by atoms with E-state index in [2.05, 4.69) is 33.8 Å². The Balaban J connectivity index is 0.00000361. The number of benzene rings is 3. The standard InChI is InChI=1S/C29H31Cl2N3O.ClH/c1-4-17-32-29(35)28-27(24-7-5-6-8-25(24)34(28)19-18-33(2)3)26(20-9-13-22(30)14-10-20)21-11-15-23(31)16-12-21;/h5-16,26H,4,17-19H2,1-3H3,(H,32,35);1H. The fraction of sp³-hybridized carbons (Fsp3) is 0.276. The van der Waals surface area contributed by atoms with E-state index in [4.69, 9.17) is 23.2 Å². The molecule has 0 aliphatic carbocycles. The summed E-state index contributed by atoms with van der Waals surface area (Å²) in [6.45, 7) is 4.21. The maximum atomic E-state index is 13.7. The zero-order valence-corrected chi connectivity index (χ0v) is 23.1. The Hall–Kier alpha value is -2.50. The quantitative estimate of drug-likeness (QED) is 0.241. The largest absolute Gasteiger partial charge is 0.351 e. The molecule has 0 bridgehead atoms. The van der Waals surface area contributed by atoms with Crippen LogP contribution in [0.2, 0.25) is 10.0 Å². The number of nitrogens with zero attached hydrogens (tertiary/aromatic N) is 2. The van der Waals surface area contributed by atoms with Crippen LogP contribution in [0.1, 0.15) is 46.4 Å². The molecule has 1 amide bonds. The predicted molar refractivity (Wildman–Crippen MR) is 154 cm³/mol. The lowest BCUT2D eigenvalue weighted by Crippen LogP contribution is -2.29. The van der Waals surface area contributed by atoms with E-state index in [1.54, 1.807) is 0 Å². The summed E-state index contributed by atoms with van der Waals surface area (Å²) < 4.78 is 2.18. The Morgan fingerprint density at radius 3 is 2.00 bits per heavy atom. The molecule has 1 heterocycles. The fourth-order valence-electron chi connectivity index (χ4n) is 4.56. The van der Waals surface area contributed by atoms with E-state index in [1.165, 1.54) is 0 Å². The van der Waals surface area contributed by atoms with Gasteiger partial charge in [0.15, 0.2) is 0 Å². The first-order valence-corrected chi connectivity index (χ1v) is 12.7. The van der Waals surface area contributed by atoms with Gasteiger partial charge in [0.05, 0.1) is 0 Å². The van der Waals surface area contributed by atoms with Crippen LogP contribution in [0.25, 0.3) is 10.9 Å². The summed E-state index contributed by atoms with van der Waals surface area (Å²) in [6, 6.07) is 24.1. The summed E-state index contributed by atoms with van der Waals surface area (Å²) in [5, 5.41) is 5.57. The van der Waals surface area contributed by atoms with Gasteiger partial charge in [0.25, 0.3) is 5.91 Å². The van der Waals surface area contributed by atoms with Crippen LogP contribution in [0.15, 0.2) is 72.8 Å². The number of rotatable bonds is 9. The average Bonchev–Trinajstić information content (AvgIpc) is 3.18. The number of para-hydroxylation sites is 1. The molecule has 4 aromatic rings. The Morgan fingerprint density at radius 2 is 1.47 bits per heavy atom. The van der Waals surface area contributed by atoms with Crippen molar-refractivity contribution in [1.82, 2.24) is 14.8 Å². The number of hydrogen-bond acceptors (Lipinski definition) is 2. The second-order valence-corrected chi connectivity index (χ2v) is 9.90. The van der Waals surface area contributed by atoms with Gasteiger partial charge >= 0.3 is 0 Å². The molecule has 0 atom stereocenters. The van der Waals surface area contributed by atoms with Gasteiger partial charge in [0, 0.05) is 52.1 Å². The van der Waals surface area contributed by atoms with Gasteiger partial charge in [-0.05, 0) is 62.0 Å². The molecular formula is C29H32Cl3N3O. The highest BCUT2D eigenvalue weighted by molar-refractivity contribution is 6.30. The lowest BCUT2D eigenvalue weighted by atomic mass is 9.83. The minimum atomic E-state index is -0.169. The Bertz CT molecular complexity index is 1250. The maximum Gasteiger partial charge on any atom is 0.268 e. The molecule has 1 N–H and O–H groups in total. The van der Waals surface area contributed by atoms with Crippen molar-refractivity contribution >= 4 is 52.4 Å². The highest BCUT2D eigenvalue weighted by atomic mass is 35.5. The molecule has 7 heteroatoms. The van der Waals surface area contributed by atoms with Gasteiger partial charge in [-0.15, -0.1) is 12.4 Å². The number of nitrogens with one attached hydrogen (secondary N) is 1. The van der Waals surface area contributed by atoms with Crippen molar-refractivity contribution < 1.29 is 4.79 Å². The Kier molecular flexibility index (Phi) is 9.86. The monoisotopic (exact) mass is 543 g/mol. The minimum absolute atomic E-state index is 0. The van der Waals surface area contributed by atoms with Gasteiger partial charge in [0.2, 0.25) is 0 Å². The lowest BCUT2D eigenvalue weighted by molar-refractivity contribution is 0.0943. The van der Waals surface area contributed by atoms with E-state index in [0.717, 1.165) is 40.6 Å². The number of carbonyl (C=O) groups excluding carboxylic acids is 1. The summed E-state index contributed by atoms with van der Waals surface area (Å²) in [6.07, 6.45) is 0.872. The van der Waals surface area contributed by atoms with E-state index in [0.29, 0.717) is 28.8 Å². The molecule has 0 aliphatic rings. The SMILES string of the molecule is CCCNC(=O)c1c(C(c2ccc(Cl)cc2)c2ccc(Cl)cc2)c2ccccc2n1CCN(C)C.Cl. The van der Waals surface area contributed by atoms with Gasteiger partial charge in [-0.3, -0.25) is 4.79 Å². The highest BCUT2D eigenvalue weighted by Crippen LogP contribution is 2.40. The predicted octanol–water partition coefficient (Wildman–Crippen LogP) is 7.25. The Labute approximate surface area is 229 Å². The minimum Gasteiger partial charge on any atom is -0.351 e. The van der Waals surface area contributed by atoms with Gasteiger partial charge in [-0.25, -0.2) is 0 Å². The molecule has 190 valence electrons. The van der Waals surface area contributed by atoms with Crippen molar-refractivity contribution in [3.8, 4) is 0 Å². The van der Waals surface area contributed by atoms with Crippen LogP contribution in [-0.2, 0) is 6.54 Å². The number of aromatic nitrogens is 1. The number of fused-ring (bicyclic) bond motifs is 1. The molecule has 0 fully saturated rings. The van der Waals surface area contributed by atoms with Crippen molar-refractivity contribution in [2.45, 2.75) is 25.8 Å². The summed E-state index contributed by atoms with van der Waals surface area (Å²) >= 11 is 12.5. The summed E-state index contributed by atoms with van der Waals surface area (Å²) in [7, 11) is 4.10. The lowest BCUT2D eigenvalue weighted by Gasteiger charge is -2.21. The van der Waals surface area contributed by atoms with E-state index in [-0.39, 0.29) is 24.2 Å². The van der Waals surface area contributed by atoms with Gasteiger partial charge in [0.1, 0.15) is 5.69 Å². The highest BCUT2D eigenvalue weighted by Gasteiger charge is 2.30. The van der Waals surface area contributed by atoms with E-state index < -0.39 is 0 Å². The number of hydrogen-bond donors (Lipinski definition) is 1. The molecule has 1 aromatic heterocycles. The molecule has 4 nitrogen and oxygen atoms in total. The van der Waals surface area contributed by atoms with Crippen LogP contribution in [-0.4, -0.2) is 42.6 Å². The molecular weight excluding hydrogens is 513 g/mol. The average molecular weight is 545 g/mol. The third-order valence-electron chi connectivity index (χ3n) is 6.23.